The van der Waals surface area contributed by atoms with E-state index in [1.165, 1.54) is 0 Å². The number of halogens is 2. The SMILES string of the molecule is CCCOc1c(I)cc(/C=N/NC(=O)c2ccccc2Br)cc1OCC. The van der Waals surface area contributed by atoms with Crippen molar-refractivity contribution in [2.24, 2.45) is 5.10 Å². The Morgan fingerprint density at radius 2 is 2.04 bits per heavy atom. The summed E-state index contributed by atoms with van der Waals surface area (Å²) in [6, 6.07) is 11.0. The Balaban J connectivity index is 2.14. The molecule has 1 amide bonds. The monoisotopic (exact) mass is 530 g/mol. The predicted octanol–water partition coefficient (Wildman–Crippen LogP) is 5.01. The van der Waals surface area contributed by atoms with Gasteiger partial charge in [0.15, 0.2) is 11.5 Å². The van der Waals surface area contributed by atoms with Gasteiger partial charge in [0.2, 0.25) is 0 Å². The zero-order valence-electron chi connectivity index (χ0n) is 14.6. The van der Waals surface area contributed by atoms with Gasteiger partial charge in [-0.25, -0.2) is 5.43 Å². The number of amides is 1. The molecule has 0 spiro atoms. The van der Waals surface area contributed by atoms with E-state index in [2.05, 4.69) is 56.0 Å². The molecule has 138 valence electrons. The maximum atomic E-state index is 12.2. The first-order valence-corrected chi connectivity index (χ1v) is 10.1. The van der Waals surface area contributed by atoms with Gasteiger partial charge in [0.05, 0.1) is 28.6 Å². The van der Waals surface area contributed by atoms with E-state index in [9.17, 15) is 4.79 Å². The first-order chi connectivity index (χ1) is 12.6. The van der Waals surface area contributed by atoms with E-state index >= 15 is 0 Å². The van der Waals surface area contributed by atoms with E-state index < -0.39 is 0 Å². The fourth-order valence-electron chi connectivity index (χ4n) is 2.14. The van der Waals surface area contributed by atoms with Gasteiger partial charge in [-0.2, -0.15) is 5.10 Å². The van der Waals surface area contributed by atoms with E-state index in [1.807, 2.05) is 31.2 Å². The van der Waals surface area contributed by atoms with Gasteiger partial charge in [0.1, 0.15) is 0 Å². The van der Waals surface area contributed by atoms with Crippen LogP contribution in [0.1, 0.15) is 36.2 Å². The van der Waals surface area contributed by atoms with E-state index in [-0.39, 0.29) is 5.91 Å². The topological polar surface area (TPSA) is 59.9 Å². The van der Waals surface area contributed by atoms with E-state index in [4.69, 9.17) is 9.47 Å². The summed E-state index contributed by atoms with van der Waals surface area (Å²) in [5.74, 6) is 1.13. The highest BCUT2D eigenvalue weighted by molar-refractivity contribution is 14.1. The van der Waals surface area contributed by atoms with Crippen LogP contribution < -0.4 is 14.9 Å². The Labute approximate surface area is 175 Å². The van der Waals surface area contributed by atoms with Gasteiger partial charge in [-0.1, -0.05) is 19.1 Å². The number of ether oxygens (including phenoxy) is 2. The highest BCUT2D eigenvalue weighted by atomic mass is 127. The quantitative estimate of drug-likeness (QED) is 0.296. The second-order valence-corrected chi connectivity index (χ2v) is 7.31. The maximum Gasteiger partial charge on any atom is 0.272 e. The number of carbonyl (C=O) groups is 1. The van der Waals surface area contributed by atoms with Crippen LogP contribution in [0.5, 0.6) is 11.5 Å². The molecule has 0 saturated carbocycles. The lowest BCUT2D eigenvalue weighted by Gasteiger charge is -2.14. The lowest BCUT2D eigenvalue weighted by Crippen LogP contribution is -2.18. The average molecular weight is 531 g/mol. The van der Waals surface area contributed by atoms with E-state index in [1.54, 1.807) is 18.3 Å². The van der Waals surface area contributed by atoms with Crippen LogP contribution in [0.4, 0.5) is 0 Å². The van der Waals surface area contributed by atoms with Crippen molar-refractivity contribution < 1.29 is 14.3 Å². The van der Waals surface area contributed by atoms with Crippen molar-refractivity contribution in [2.45, 2.75) is 20.3 Å². The van der Waals surface area contributed by atoms with Crippen molar-refractivity contribution in [1.29, 1.82) is 0 Å². The highest BCUT2D eigenvalue weighted by Crippen LogP contribution is 2.34. The minimum absolute atomic E-state index is 0.281. The number of hydrogen-bond acceptors (Lipinski definition) is 4. The molecule has 5 nitrogen and oxygen atoms in total. The molecule has 2 rings (SSSR count). The third-order valence-electron chi connectivity index (χ3n) is 3.28. The van der Waals surface area contributed by atoms with E-state index in [0.29, 0.717) is 24.5 Å². The molecule has 7 heteroatoms. The number of carbonyl (C=O) groups excluding carboxylic acids is 1. The van der Waals surface area contributed by atoms with Gasteiger partial charge in [-0.15, -0.1) is 0 Å². The Morgan fingerprint density at radius 3 is 2.73 bits per heavy atom. The molecule has 0 atom stereocenters. The van der Waals surface area contributed by atoms with Crippen LogP contribution in [0.2, 0.25) is 0 Å². The molecule has 0 radical (unpaired) electrons. The summed E-state index contributed by atoms with van der Waals surface area (Å²) < 4.78 is 13.1. The van der Waals surface area contributed by atoms with Gasteiger partial charge in [-0.05, 0) is 81.7 Å². The first-order valence-electron chi connectivity index (χ1n) is 8.23. The van der Waals surface area contributed by atoms with Crippen LogP contribution in [0.3, 0.4) is 0 Å². The second-order valence-electron chi connectivity index (χ2n) is 5.29. The summed E-state index contributed by atoms with van der Waals surface area (Å²) in [5, 5.41) is 4.05. The first kappa shape index (κ1) is 20.7. The number of hydrogen-bond donors (Lipinski definition) is 1. The smallest absolute Gasteiger partial charge is 0.272 e. The standard InChI is InChI=1S/C19H20BrIN2O3/c1-3-9-26-18-16(21)10-13(11-17(18)25-4-2)12-22-23-19(24)14-7-5-6-8-15(14)20/h5-8,10-12H,3-4,9H2,1-2H3,(H,23,24)/b22-12+. The van der Waals surface area contributed by atoms with Gasteiger partial charge in [0.25, 0.3) is 5.91 Å². The number of nitrogens with one attached hydrogen (secondary N) is 1. The molecule has 0 unspecified atom stereocenters. The van der Waals surface area contributed by atoms with Crippen molar-refractivity contribution >= 4 is 50.6 Å². The largest absolute Gasteiger partial charge is 0.490 e. The van der Waals surface area contributed by atoms with Crippen LogP contribution in [-0.2, 0) is 0 Å². The van der Waals surface area contributed by atoms with Crippen LogP contribution in [0.25, 0.3) is 0 Å². The predicted molar refractivity (Wildman–Crippen MR) is 115 cm³/mol. The highest BCUT2D eigenvalue weighted by Gasteiger charge is 2.12. The third-order valence-corrected chi connectivity index (χ3v) is 4.77. The van der Waals surface area contributed by atoms with Crippen molar-refractivity contribution in [2.75, 3.05) is 13.2 Å². The average Bonchev–Trinajstić information content (AvgIpc) is 2.61. The van der Waals surface area contributed by atoms with Gasteiger partial charge in [0, 0.05) is 4.47 Å². The minimum Gasteiger partial charge on any atom is -0.490 e. The maximum absolute atomic E-state index is 12.2. The molecule has 0 saturated heterocycles. The minimum atomic E-state index is -0.281. The molecular formula is C19H20BrIN2O3. The van der Waals surface area contributed by atoms with E-state index in [0.717, 1.165) is 25.8 Å². The number of nitrogens with zero attached hydrogens (tertiary/aromatic N) is 1. The zero-order valence-corrected chi connectivity index (χ0v) is 18.3. The molecule has 0 bridgehead atoms. The zero-order chi connectivity index (χ0) is 18.9. The summed E-state index contributed by atoms with van der Waals surface area (Å²) in [5.41, 5.74) is 3.87. The Morgan fingerprint density at radius 1 is 1.27 bits per heavy atom. The van der Waals surface area contributed by atoms with Crippen LogP contribution >= 0.6 is 38.5 Å². The Kier molecular flexibility index (Phi) is 8.37. The second kappa shape index (κ2) is 10.5. The van der Waals surface area contributed by atoms with Crippen molar-refractivity contribution in [3.05, 3.63) is 55.6 Å². The summed E-state index contributed by atoms with van der Waals surface area (Å²) >= 11 is 5.56. The van der Waals surface area contributed by atoms with Crippen molar-refractivity contribution in [3.8, 4) is 11.5 Å². The molecule has 2 aromatic rings. The summed E-state index contributed by atoms with van der Waals surface area (Å²) in [4.78, 5) is 12.2. The molecule has 0 aliphatic rings. The summed E-state index contributed by atoms with van der Waals surface area (Å²) in [6.07, 6.45) is 2.51. The molecule has 0 aliphatic heterocycles. The fourth-order valence-corrected chi connectivity index (χ4v) is 3.39. The molecule has 0 aromatic heterocycles. The van der Waals surface area contributed by atoms with Crippen molar-refractivity contribution in [3.63, 3.8) is 0 Å². The fraction of sp³-hybridized carbons (Fsp3) is 0.263. The molecular weight excluding hydrogens is 511 g/mol. The van der Waals surface area contributed by atoms with Crippen LogP contribution in [0.15, 0.2) is 46.0 Å². The van der Waals surface area contributed by atoms with Gasteiger partial charge >= 0.3 is 0 Å². The lowest BCUT2D eigenvalue weighted by atomic mass is 10.2. The van der Waals surface area contributed by atoms with Gasteiger partial charge in [-0.3, -0.25) is 4.79 Å². The number of hydrazone groups is 1. The number of benzene rings is 2. The molecule has 0 heterocycles. The van der Waals surface area contributed by atoms with Crippen LogP contribution in [-0.4, -0.2) is 25.3 Å². The van der Waals surface area contributed by atoms with Gasteiger partial charge < -0.3 is 9.47 Å². The molecule has 0 aliphatic carbocycles. The molecule has 26 heavy (non-hydrogen) atoms. The normalized spacial score (nSPS) is 10.8. The number of rotatable bonds is 8. The Hall–Kier alpha value is -1.61. The third kappa shape index (κ3) is 5.70. The molecule has 2 aromatic carbocycles. The summed E-state index contributed by atoms with van der Waals surface area (Å²) in [6.45, 7) is 5.15. The van der Waals surface area contributed by atoms with Crippen molar-refractivity contribution in [1.82, 2.24) is 5.43 Å². The molecule has 0 fully saturated rings. The Bertz CT molecular complexity index is 796. The molecule has 1 N–H and O–H groups in total. The van der Waals surface area contributed by atoms with Crippen LogP contribution in [0, 0.1) is 3.57 Å². The summed E-state index contributed by atoms with van der Waals surface area (Å²) in [7, 11) is 0. The lowest BCUT2D eigenvalue weighted by molar-refractivity contribution is 0.0954.